The zero-order valence-electron chi connectivity index (χ0n) is 11.0. The standard InChI is InChI=1S/C13H16N2O4S/c1-20-11-5-3-2-4-9(11)14-13(18)15-10-7-19-6-8(10)12(16)17/h2-5,8,10H,6-7H2,1H3,(H,16,17)(H2,14,15,18). The van der Waals surface area contributed by atoms with Gasteiger partial charge in [-0.15, -0.1) is 11.8 Å². The number of carboxylic acids is 1. The Kier molecular flexibility index (Phi) is 4.86. The monoisotopic (exact) mass is 296 g/mol. The van der Waals surface area contributed by atoms with Crippen molar-refractivity contribution in [2.75, 3.05) is 24.8 Å². The number of carbonyl (C=O) groups is 2. The summed E-state index contributed by atoms with van der Waals surface area (Å²) in [5.41, 5.74) is 0.697. The van der Waals surface area contributed by atoms with E-state index in [2.05, 4.69) is 10.6 Å². The van der Waals surface area contributed by atoms with Crippen molar-refractivity contribution in [3.05, 3.63) is 24.3 Å². The van der Waals surface area contributed by atoms with Gasteiger partial charge in [0, 0.05) is 4.90 Å². The second kappa shape index (κ2) is 6.62. The van der Waals surface area contributed by atoms with E-state index < -0.39 is 24.0 Å². The summed E-state index contributed by atoms with van der Waals surface area (Å²) in [5.74, 6) is -1.66. The van der Waals surface area contributed by atoms with E-state index in [1.807, 2.05) is 24.5 Å². The van der Waals surface area contributed by atoms with E-state index in [9.17, 15) is 9.59 Å². The van der Waals surface area contributed by atoms with E-state index in [-0.39, 0.29) is 13.2 Å². The third-order valence-electron chi connectivity index (χ3n) is 3.07. The summed E-state index contributed by atoms with van der Waals surface area (Å²) in [7, 11) is 0. The smallest absolute Gasteiger partial charge is 0.319 e. The summed E-state index contributed by atoms with van der Waals surface area (Å²) in [6, 6.07) is 6.49. The van der Waals surface area contributed by atoms with Gasteiger partial charge in [-0.05, 0) is 18.4 Å². The maximum atomic E-state index is 11.9. The van der Waals surface area contributed by atoms with Crippen LogP contribution in [-0.4, -0.2) is 42.6 Å². The quantitative estimate of drug-likeness (QED) is 0.735. The fourth-order valence-corrected chi connectivity index (χ4v) is 2.57. The minimum absolute atomic E-state index is 0.127. The van der Waals surface area contributed by atoms with Gasteiger partial charge >= 0.3 is 12.0 Å². The fraction of sp³-hybridized carbons (Fsp3) is 0.385. The topological polar surface area (TPSA) is 87.7 Å². The van der Waals surface area contributed by atoms with E-state index >= 15 is 0 Å². The molecule has 3 N–H and O–H groups in total. The first-order valence-corrected chi connectivity index (χ1v) is 7.35. The van der Waals surface area contributed by atoms with Gasteiger partial charge in [0.15, 0.2) is 0 Å². The molecule has 0 saturated carbocycles. The van der Waals surface area contributed by atoms with Crippen molar-refractivity contribution in [1.29, 1.82) is 0 Å². The maximum absolute atomic E-state index is 11.9. The normalized spacial score (nSPS) is 21.4. The summed E-state index contributed by atoms with van der Waals surface area (Å²) in [4.78, 5) is 23.9. The Morgan fingerprint density at radius 3 is 2.80 bits per heavy atom. The highest BCUT2D eigenvalue weighted by atomic mass is 32.2. The molecule has 1 saturated heterocycles. The lowest BCUT2D eigenvalue weighted by molar-refractivity contribution is -0.142. The molecule has 2 unspecified atom stereocenters. The number of nitrogens with one attached hydrogen (secondary N) is 2. The van der Waals surface area contributed by atoms with Crippen molar-refractivity contribution in [3.8, 4) is 0 Å². The lowest BCUT2D eigenvalue weighted by atomic mass is 10.0. The van der Waals surface area contributed by atoms with Gasteiger partial charge in [0.2, 0.25) is 0 Å². The van der Waals surface area contributed by atoms with Crippen molar-refractivity contribution in [2.45, 2.75) is 10.9 Å². The molecule has 0 spiro atoms. The Hall–Kier alpha value is -1.73. The van der Waals surface area contributed by atoms with Crippen molar-refractivity contribution in [3.63, 3.8) is 0 Å². The third kappa shape index (κ3) is 3.43. The molecule has 1 aliphatic rings. The number of benzene rings is 1. The Morgan fingerprint density at radius 1 is 1.35 bits per heavy atom. The van der Waals surface area contributed by atoms with Gasteiger partial charge in [0.1, 0.15) is 5.92 Å². The molecule has 1 aromatic rings. The molecule has 20 heavy (non-hydrogen) atoms. The summed E-state index contributed by atoms with van der Waals surface area (Å²) in [6.07, 6.45) is 1.92. The van der Waals surface area contributed by atoms with E-state index in [1.54, 1.807) is 6.07 Å². The predicted octanol–water partition coefficient (Wildman–Crippen LogP) is 1.63. The SMILES string of the molecule is CSc1ccccc1NC(=O)NC1COCC1C(=O)O. The molecule has 0 bridgehead atoms. The van der Waals surface area contributed by atoms with Crippen LogP contribution in [0.3, 0.4) is 0 Å². The molecule has 7 heteroatoms. The van der Waals surface area contributed by atoms with Crippen LogP contribution >= 0.6 is 11.8 Å². The van der Waals surface area contributed by atoms with E-state index in [4.69, 9.17) is 9.84 Å². The average Bonchev–Trinajstić information content (AvgIpc) is 2.87. The first-order chi connectivity index (χ1) is 9.61. The number of carbonyl (C=O) groups excluding carboxylic acids is 1. The summed E-state index contributed by atoms with van der Waals surface area (Å²) >= 11 is 1.52. The number of ether oxygens (including phenoxy) is 1. The van der Waals surface area contributed by atoms with E-state index in [0.29, 0.717) is 5.69 Å². The number of thioether (sulfide) groups is 1. The van der Waals surface area contributed by atoms with Crippen molar-refractivity contribution >= 4 is 29.4 Å². The van der Waals surface area contributed by atoms with Crippen LogP contribution in [-0.2, 0) is 9.53 Å². The minimum Gasteiger partial charge on any atom is -0.481 e. The second-order valence-corrected chi connectivity index (χ2v) is 5.24. The number of anilines is 1. The average molecular weight is 296 g/mol. The van der Waals surface area contributed by atoms with Gasteiger partial charge in [-0.3, -0.25) is 4.79 Å². The van der Waals surface area contributed by atoms with Crippen LogP contribution in [0.15, 0.2) is 29.2 Å². The highest BCUT2D eigenvalue weighted by Gasteiger charge is 2.35. The summed E-state index contributed by atoms with van der Waals surface area (Å²) in [5, 5.41) is 14.4. The highest BCUT2D eigenvalue weighted by Crippen LogP contribution is 2.24. The van der Waals surface area contributed by atoms with Gasteiger partial charge in [-0.2, -0.15) is 0 Å². The van der Waals surface area contributed by atoms with Crippen molar-refractivity contribution < 1.29 is 19.4 Å². The fourth-order valence-electron chi connectivity index (χ4n) is 2.01. The van der Waals surface area contributed by atoms with Crippen molar-refractivity contribution in [2.24, 2.45) is 5.92 Å². The molecule has 2 rings (SSSR count). The number of amides is 2. The lowest BCUT2D eigenvalue weighted by Gasteiger charge is -2.17. The van der Waals surface area contributed by atoms with Gasteiger partial charge in [-0.25, -0.2) is 4.79 Å². The van der Waals surface area contributed by atoms with E-state index in [1.165, 1.54) is 11.8 Å². The Balaban J connectivity index is 1.97. The van der Waals surface area contributed by atoms with Gasteiger partial charge < -0.3 is 20.5 Å². The first kappa shape index (κ1) is 14.7. The molecule has 1 aromatic carbocycles. The second-order valence-electron chi connectivity index (χ2n) is 4.39. The molecule has 108 valence electrons. The molecule has 0 aromatic heterocycles. The summed E-state index contributed by atoms with van der Waals surface area (Å²) in [6.45, 7) is 0.343. The van der Waals surface area contributed by atoms with Crippen LogP contribution in [0.1, 0.15) is 0 Å². The lowest BCUT2D eigenvalue weighted by Crippen LogP contribution is -2.44. The molecule has 0 aliphatic carbocycles. The van der Waals surface area contributed by atoms with E-state index in [0.717, 1.165) is 4.90 Å². The maximum Gasteiger partial charge on any atom is 0.319 e. The predicted molar refractivity (Wildman–Crippen MR) is 76.1 cm³/mol. The molecule has 0 radical (unpaired) electrons. The van der Waals surface area contributed by atoms with Gasteiger partial charge in [0.05, 0.1) is 24.9 Å². The number of para-hydroxylation sites is 1. The molecule has 2 atom stereocenters. The van der Waals surface area contributed by atoms with Crippen LogP contribution in [0.5, 0.6) is 0 Å². The number of hydrogen-bond donors (Lipinski definition) is 3. The Labute approximate surface area is 120 Å². The first-order valence-electron chi connectivity index (χ1n) is 6.13. The number of urea groups is 1. The van der Waals surface area contributed by atoms with Crippen LogP contribution in [0.25, 0.3) is 0 Å². The van der Waals surface area contributed by atoms with Gasteiger partial charge in [-0.1, -0.05) is 12.1 Å². The number of rotatable bonds is 4. The number of aliphatic carboxylic acids is 1. The van der Waals surface area contributed by atoms with Crippen LogP contribution < -0.4 is 10.6 Å². The highest BCUT2D eigenvalue weighted by molar-refractivity contribution is 7.98. The largest absolute Gasteiger partial charge is 0.481 e. The summed E-state index contributed by atoms with van der Waals surface area (Å²) < 4.78 is 5.10. The van der Waals surface area contributed by atoms with Crippen LogP contribution in [0, 0.1) is 5.92 Å². The number of hydrogen-bond acceptors (Lipinski definition) is 4. The van der Waals surface area contributed by atoms with Crippen LogP contribution in [0.4, 0.5) is 10.5 Å². The molecule has 6 nitrogen and oxygen atoms in total. The molecular weight excluding hydrogens is 280 g/mol. The Bertz CT molecular complexity index is 509. The zero-order valence-corrected chi connectivity index (χ0v) is 11.8. The zero-order chi connectivity index (χ0) is 14.5. The Morgan fingerprint density at radius 2 is 2.10 bits per heavy atom. The molecule has 2 amide bonds. The third-order valence-corrected chi connectivity index (χ3v) is 3.87. The molecular formula is C13H16N2O4S. The van der Waals surface area contributed by atoms with Crippen LogP contribution in [0.2, 0.25) is 0 Å². The molecule has 1 fully saturated rings. The molecule has 1 aliphatic heterocycles. The minimum atomic E-state index is -0.961. The number of carboxylic acid groups (broad SMARTS) is 1. The van der Waals surface area contributed by atoms with Gasteiger partial charge in [0.25, 0.3) is 0 Å². The van der Waals surface area contributed by atoms with Crippen molar-refractivity contribution in [1.82, 2.24) is 5.32 Å². The molecule has 1 heterocycles.